The van der Waals surface area contributed by atoms with Crippen molar-refractivity contribution in [2.45, 2.75) is 16.7 Å². The van der Waals surface area contributed by atoms with Gasteiger partial charge >= 0.3 is 5.97 Å². The maximum Gasteiger partial charge on any atom is 0.346 e. The molecule has 0 bridgehead atoms. The first kappa shape index (κ1) is 21.8. The predicted molar refractivity (Wildman–Crippen MR) is 125 cm³/mol. The number of para-hydroxylation sites is 2. The summed E-state index contributed by atoms with van der Waals surface area (Å²) in [4.78, 5) is 25.0. The fraction of sp³-hybridized carbons (Fsp3) is 0.0435. The van der Waals surface area contributed by atoms with E-state index in [4.69, 9.17) is 4.74 Å². The number of ether oxygens (including phenoxy) is 1. The number of nitrogens with zero attached hydrogens (tertiary/aromatic N) is 3. The van der Waals surface area contributed by atoms with Crippen molar-refractivity contribution in [3.05, 3.63) is 105 Å². The first-order valence-corrected chi connectivity index (χ1v) is 11.1. The Labute approximate surface area is 196 Å². The molecule has 4 aromatic rings. The lowest BCUT2D eigenvalue weighted by molar-refractivity contribution is -0.387. The van der Waals surface area contributed by atoms with Gasteiger partial charge in [-0.3, -0.25) is 10.1 Å². The Balaban J connectivity index is 1.82. The van der Waals surface area contributed by atoms with Gasteiger partial charge in [-0.05, 0) is 53.2 Å². The highest BCUT2D eigenvalue weighted by atomic mass is 79.9. The minimum absolute atomic E-state index is 0.0348. The van der Waals surface area contributed by atoms with E-state index >= 15 is 0 Å². The molecule has 0 N–H and O–H groups in total. The molecule has 32 heavy (non-hydrogen) atoms. The Morgan fingerprint density at radius 2 is 1.69 bits per heavy atom. The van der Waals surface area contributed by atoms with Crippen molar-refractivity contribution in [2.75, 3.05) is 0 Å². The monoisotopic (exact) mass is 509 g/mol. The number of hydrogen-bond donors (Lipinski definition) is 0. The number of nitro benzene ring substituents is 1. The number of halogens is 1. The van der Waals surface area contributed by atoms with E-state index in [2.05, 4.69) is 21.0 Å². The van der Waals surface area contributed by atoms with Gasteiger partial charge in [0.05, 0.1) is 31.7 Å². The highest BCUT2D eigenvalue weighted by molar-refractivity contribution is 9.10. The Hall–Kier alpha value is -3.43. The quantitative estimate of drug-likeness (QED) is 0.174. The van der Waals surface area contributed by atoms with Gasteiger partial charge in [0.1, 0.15) is 0 Å². The number of benzene rings is 3. The van der Waals surface area contributed by atoms with Crippen molar-refractivity contribution in [1.29, 1.82) is 0 Å². The number of aromatic nitrogens is 2. The van der Waals surface area contributed by atoms with Gasteiger partial charge in [-0.25, -0.2) is 4.79 Å². The molecule has 0 aliphatic rings. The second kappa shape index (κ2) is 9.37. The molecule has 0 aliphatic heterocycles. The molecule has 0 amide bonds. The van der Waals surface area contributed by atoms with Gasteiger partial charge in [-0.1, -0.05) is 54.2 Å². The van der Waals surface area contributed by atoms with Crippen LogP contribution in [0.15, 0.2) is 93.1 Å². The molecule has 0 spiro atoms. The van der Waals surface area contributed by atoms with Crippen LogP contribution in [0.5, 0.6) is 5.88 Å². The lowest BCUT2D eigenvalue weighted by Gasteiger charge is -2.11. The van der Waals surface area contributed by atoms with Gasteiger partial charge in [0.25, 0.3) is 5.69 Å². The average Bonchev–Trinajstić information content (AvgIpc) is 3.10. The van der Waals surface area contributed by atoms with Crippen molar-refractivity contribution in [3.8, 4) is 11.6 Å². The molecular formula is C23H16BrN3O4S. The molecule has 9 heteroatoms. The Kier molecular flexibility index (Phi) is 6.38. The molecule has 160 valence electrons. The zero-order chi connectivity index (χ0) is 22.7. The van der Waals surface area contributed by atoms with E-state index in [1.54, 1.807) is 49.4 Å². The molecule has 1 heterocycles. The van der Waals surface area contributed by atoms with Crippen LogP contribution in [0, 0.1) is 17.0 Å². The molecule has 1 aromatic heterocycles. The smallest absolute Gasteiger partial charge is 0.346 e. The number of aryl methyl sites for hydroxylation is 1. The number of nitro groups is 1. The van der Waals surface area contributed by atoms with Crippen molar-refractivity contribution >= 4 is 39.3 Å². The summed E-state index contributed by atoms with van der Waals surface area (Å²) >= 11 is 4.51. The molecule has 3 aromatic carbocycles. The highest BCUT2D eigenvalue weighted by Crippen LogP contribution is 2.42. The number of esters is 1. The molecule has 0 saturated heterocycles. The van der Waals surface area contributed by atoms with E-state index in [9.17, 15) is 14.9 Å². The third-order valence-electron chi connectivity index (χ3n) is 4.52. The number of hydrogen-bond acceptors (Lipinski definition) is 6. The van der Waals surface area contributed by atoms with Gasteiger partial charge in [-0.2, -0.15) is 9.78 Å². The predicted octanol–water partition coefficient (Wildman–Crippen LogP) is 6.22. The van der Waals surface area contributed by atoms with Crippen LogP contribution in [0.25, 0.3) is 5.69 Å². The molecular weight excluding hydrogens is 494 g/mol. The maximum atomic E-state index is 13.0. The van der Waals surface area contributed by atoms with Gasteiger partial charge in [-0.15, -0.1) is 0 Å². The molecule has 0 unspecified atom stereocenters. The number of carbonyl (C=O) groups excluding carboxylic acids is 1. The largest absolute Gasteiger partial charge is 0.402 e. The minimum Gasteiger partial charge on any atom is -0.402 e. The van der Waals surface area contributed by atoms with Crippen LogP contribution in [0.3, 0.4) is 0 Å². The standard InChI is InChI=1S/C23H16BrN3O4S/c1-15-21(32-20-14-8-7-13-19(20)27(29)30)22(26(25-15)16-9-3-2-4-10-16)31-23(28)17-11-5-6-12-18(17)24/h2-14H,1H3. The van der Waals surface area contributed by atoms with E-state index < -0.39 is 10.9 Å². The van der Waals surface area contributed by atoms with Crippen LogP contribution in [0.4, 0.5) is 5.69 Å². The summed E-state index contributed by atoms with van der Waals surface area (Å²) in [6.45, 7) is 1.77. The molecule has 0 aliphatic carbocycles. The number of rotatable bonds is 6. The van der Waals surface area contributed by atoms with Crippen LogP contribution < -0.4 is 4.74 Å². The normalized spacial score (nSPS) is 10.7. The van der Waals surface area contributed by atoms with Crippen molar-refractivity contribution in [2.24, 2.45) is 0 Å². The van der Waals surface area contributed by atoms with Crippen molar-refractivity contribution < 1.29 is 14.5 Å². The van der Waals surface area contributed by atoms with Crippen LogP contribution in [-0.2, 0) is 0 Å². The second-order valence-electron chi connectivity index (χ2n) is 6.66. The van der Waals surface area contributed by atoms with E-state index in [0.29, 0.717) is 31.2 Å². The molecule has 7 nitrogen and oxygen atoms in total. The summed E-state index contributed by atoms with van der Waals surface area (Å²) < 4.78 is 7.96. The zero-order valence-corrected chi connectivity index (χ0v) is 19.2. The molecule has 0 fully saturated rings. The molecule has 0 radical (unpaired) electrons. The Bertz CT molecular complexity index is 1310. The summed E-state index contributed by atoms with van der Waals surface area (Å²) in [6.07, 6.45) is 0. The minimum atomic E-state index is -0.570. The van der Waals surface area contributed by atoms with E-state index in [-0.39, 0.29) is 11.6 Å². The summed E-state index contributed by atoms with van der Waals surface area (Å²) in [5.41, 5.74) is 1.59. The zero-order valence-electron chi connectivity index (χ0n) is 16.8. The average molecular weight is 510 g/mol. The van der Waals surface area contributed by atoms with E-state index in [1.165, 1.54) is 10.7 Å². The molecule has 4 rings (SSSR count). The van der Waals surface area contributed by atoms with Crippen LogP contribution in [-0.4, -0.2) is 20.7 Å². The van der Waals surface area contributed by atoms with Crippen molar-refractivity contribution in [1.82, 2.24) is 9.78 Å². The van der Waals surface area contributed by atoms with Gasteiger partial charge in [0.15, 0.2) is 0 Å². The van der Waals surface area contributed by atoms with Gasteiger partial charge < -0.3 is 4.74 Å². The maximum absolute atomic E-state index is 13.0. The lowest BCUT2D eigenvalue weighted by atomic mass is 10.2. The lowest BCUT2D eigenvalue weighted by Crippen LogP contribution is -2.13. The third kappa shape index (κ3) is 4.44. The third-order valence-corrected chi connectivity index (χ3v) is 6.45. The van der Waals surface area contributed by atoms with Crippen LogP contribution in [0.1, 0.15) is 16.1 Å². The topological polar surface area (TPSA) is 87.3 Å². The summed E-state index contributed by atoms with van der Waals surface area (Å²) in [6, 6.07) is 22.6. The fourth-order valence-corrected chi connectivity index (χ4v) is 4.48. The summed E-state index contributed by atoms with van der Waals surface area (Å²) in [5, 5.41) is 16.0. The van der Waals surface area contributed by atoms with Gasteiger partial charge in [0.2, 0.25) is 5.88 Å². The van der Waals surface area contributed by atoms with Crippen LogP contribution in [0.2, 0.25) is 0 Å². The second-order valence-corrected chi connectivity index (χ2v) is 8.57. The number of carbonyl (C=O) groups is 1. The van der Waals surface area contributed by atoms with Crippen molar-refractivity contribution in [3.63, 3.8) is 0 Å². The first-order chi connectivity index (χ1) is 15.5. The Morgan fingerprint density at radius 3 is 2.41 bits per heavy atom. The first-order valence-electron chi connectivity index (χ1n) is 9.48. The van der Waals surface area contributed by atoms with E-state index in [0.717, 1.165) is 11.8 Å². The SMILES string of the molecule is Cc1nn(-c2ccccc2)c(OC(=O)c2ccccc2Br)c1Sc1ccccc1[N+](=O)[O-]. The fourth-order valence-electron chi connectivity index (χ4n) is 3.02. The summed E-state index contributed by atoms with van der Waals surface area (Å²) in [5.74, 6) is -0.378. The highest BCUT2D eigenvalue weighted by Gasteiger charge is 2.25. The van der Waals surface area contributed by atoms with Crippen LogP contribution >= 0.6 is 27.7 Å². The summed E-state index contributed by atoms with van der Waals surface area (Å²) in [7, 11) is 0. The Morgan fingerprint density at radius 1 is 1.03 bits per heavy atom. The van der Waals surface area contributed by atoms with E-state index in [1.807, 2.05) is 30.3 Å². The molecule has 0 atom stereocenters. The van der Waals surface area contributed by atoms with Gasteiger partial charge in [0, 0.05) is 10.5 Å². The molecule has 0 saturated carbocycles.